The lowest BCUT2D eigenvalue weighted by Gasteiger charge is -2.29. The van der Waals surface area contributed by atoms with Crippen molar-refractivity contribution < 1.29 is 0 Å². The van der Waals surface area contributed by atoms with E-state index in [1.165, 1.54) is 37.1 Å². The second kappa shape index (κ2) is 10.6. The molecule has 0 bridgehead atoms. The van der Waals surface area contributed by atoms with E-state index in [0.717, 1.165) is 39.9 Å². The lowest BCUT2D eigenvalue weighted by molar-refractivity contribution is 0.210. The number of aromatic nitrogens is 1. The molecule has 2 heterocycles. The highest BCUT2D eigenvalue weighted by Gasteiger charge is 2.14. The van der Waals surface area contributed by atoms with Gasteiger partial charge in [-0.3, -0.25) is 4.90 Å². The molecule has 0 saturated carbocycles. The number of hydrogen-bond donors (Lipinski definition) is 0. The number of pyridine rings is 1. The van der Waals surface area contributed by atoms with Gasteiger partial charge in [-0.05, 0) is 91.7 Å². The molecule has 2 nitrogen and oxygen atoms in total. The quantitative estimate of drug-likeness (QED) is 0.408. The van der Waals surface area contributed by atoms with Gasteiger partial charge in [-0.2, -0.15) is 0 Å². The Bertz CT molecular complexity index is 1110. The lowest BCUT2D eigenvalue weighted by atomic mass is 9.99. The van der Waals surface area contributed by atoms with E-state index < -0.39 is 0 Å². The summed E-state index contributed by atoms with van der Waals surface area (Å²) < 4.78 is 0. The zero-order valence-corrected chi connectivity index (χ0v) is 19.6. The highest BCUT2D eigenvalue weighted by Crippen LogP contribution is 2.21. The number of likely N-dealkylation sites (tertiary alicyclic amines) is 1. The molecule has 3 aromatic rings. The molecule has 0 aliphatic carbocycles. The molecule has 1 saturated heterocycles. The topological polar surface area (TPSA) is 16.1 Å². The number of hydrogen-bond acceptors (Lipinski definition) is 2. The van der Waals surface area contributed by atoms with E-state index >= 15 is 0 Å². The Morgan fingerprint density at radius 2 is 1.66 bits per heavy atom. The predicted octanol–water partition coefficient (Wildman–Crippen LogP) is 6.94. The van der Waals surface area contributed by atoms with Crippen molar-refractivity contribution in [2.45, 2.75) is 26.7 Å². The summed E-state index contributed by atoms with van der Waals surface area (Å²) in [6, 6.07) is 20.3. The fourth-order valence-corrected chi connectivity index (χ4v) is 3.99. The lowest BCUT2D eigenvalue weighted by Crippen LogP contribution is -2.32. The normalized spacial score (nSPS) is 15.3. The van der Waals surface area contributed by atoms with Crippen LogP contribution in [0, 0.1) is 17.8 Å². The van der Waals surface area contributed by atoms with Crippen LogP contribution in [-0.2, 0) is 0 Å². The first kappa shape index (κ1) is 22.3. The summed E-state index contributed by atoms with van der Waals surface area (Å²) >= 11 is 5.96. The molecule has 32 heavy (non-hydrogen) atoms. The number of allylic oxidation sites excluding steroid dienone is 1. The minimum absolute atomic E-state index is 0.734. The Balaban J connectivity index is 1.36. The van der Waals surface area contributed by atoms with Crippen molar-refractivity contribution in [1.82, 2.24) is 9.88 Å². The number of nitrogens with zero attached hydrogens (tertiary/aromatic N) is 2. The molecule has 0 N–H and O–H groups in total. The molecule has 0 radical (unpaired) electrons. The first-order valence-electron chi connectivity index (χ1n) is 11.3. The minimum atomic E-state index is 0.734. The fourth-order valence-electron chi connectivity index (χ4n) is 3.86. The first-order valence-corrected chi connectivity index (χ1v) is 11.7. The maximum Gasteiger partial charge on any atom is 0.113 e. The molecule has 4 rings (SSSR count). The van der Waals surface area contributed by atoms with E-state index in [4.69, 9.17) is 11.6 Å². The van der Waals surface area contributed by atoms with E-state index in [2.05, 4.69) is 65.9 Å². The first-order chi connectivity index (χ1) is 15.6. The van der Waals surface area contributed by atoms with Crippen LogP contribution in [0.4, 0.5) is 0 Å². The number of piperidine rings is 1. The fraction of sp³-hybridized carbons (Fsp3) is 0.276. The van der Waals surface area contributed by atoms with Crippen LogP contribution < -0.4 is 0 Å². The van der Waals surface area contributed by atoms with E-state index in [0.29, 0.717) is 0 Å². The van der Waals surface area contributed by atoms with Crippen LogP contribution in [0.15, 0.2) is 72.9 Å². The number of halogens is 1. The summed E-state index contributed by atoms with van der Waals surface area (Å²) in [5.41, 5.74) is 6.48. The molecule has 1 aromatic heterocycles. The smallest absolute Gasteiger partial charge is 0.113 e. The van der Waals surface area contributed by atoms with E-state index in [1.54, 1.807) is 0 Å². The second-order valence-corrected chi connectivity index (χ2v) is 9.07. The van der Waals surface area contributed by atoms with Crippen LogP contribution in [0.1, 0.15) is 43.5 Å². The summed E-state index contributed by atoms with van der Waals surface area (Å²) in [5, 5.41) is 0.734. The van der Waals surface area contributed by atoms with E-state index in [1.807, 2.05) is 42.6 Å². The Morgan fingerprint density at radius 3 is 2.31 bits per heavy atom. The largest absolute Gasteiger partial charge is 0.300 e. The van der Waals surface area contributed by atoms with Crippen molar-refractivity contribution >= 4 is 17.2 Å². The Labute approximate surface area is 197 Å². The van der Waals surface area contributed by atoms with Gasteiger partial charge < -0.3 is 0 Å². The van der Waals surface area contributed by atoms with Crippen molar-refractivity contribution in [2.24, 2.45) is 5.92 Å². The van der Waals surface area contributed by atoms with Gasteiger partial charge in [0.15, 0.2) is 0 Å². The van der Waals surface area contributed by atoms with Gasteiger partial charge in [0.05, 0.1) is 0 Å². The number of rotatable bonds is 4. The summed E-state index contributed by atoms with van der Waals surface area (Å²) in [6.07, 6.45) is 6.84. The van der Waals surface area contributed by atoms with Crippen LogP contribution >= 0.6 is 11.6 Å². The predicted molar refractivity (Wildman–Crippen MR) is 136 cm³/mol. The van der Waals surface area contributed by atoms with Crippen molar-refractivity contribution in [3.8, 4) is 23.0 Å². The highest BCUT2D eigenvalue weighted by molar-refractivity contribution is 6.30. The maximum atomic E-state index is 5.96. The molecular weight excluding hydrogens is 412 g/mol. The van der Waals surface area contributed by atoms with Gasteiger partial charge in [-0.15, -0.1) is 0 Å². The van der Waals surface area contributed by atoms with Crippen LogP contribution in [-0.4, -0.2) is 29.5 Å². The Morgan fingerprint density at radius 1 is 0.969 bits per heavy atom. The molecular formula is C29H29ClN2. The van der Waals surface area contributed by atoms with Crippen molar-refractivity contribution in [3.05, 3.63) is 94.8 Å². The van der Waals surface area contributed by atoms with Gasteiger partial charge in [0.25, 0.3) is 0 Å². The van der Waals surface area contributed by atoms with Gasteiger partial charge in [-0.25, -0.2) is 4.98 Å². The third-order valence-electron chi connectivity index (χ3n) is 6.15. The minimum Gasteiger partial charge on any atom is -0.300 e. The summed E-state index contributed by atoms with van der Waals surface area (Å²) in [6.45, 7) is 8.02. The molecule has 162 valence electrons. The van der Waals surface area contributed by atoms with Crippen molar-refractivity contribution in [3.63, 3.8) is 0 Å². The van der Waals surface area contributed by atoms with Gasteiger partial charge in [0.2, 0.25) is 0 Å². The monoisotopic (exact) mass is 440 g/mol. The van der Waals surface area contributed by atoms with Crippen LogP contribution in [0.5, 0.6) is 0 Å². The molecule has 1 aliphatic rings. The molecule has 2 aromatic carbocycles. The second-order valence-electron chi connectivity index (χ2n) is 8.64. The van der Waals surface area contributed by atoms with E-state index in [-0.39, 0.29) is 0 Å². The van der Waals surface area contributed by atoms with Crippen LogP contribution in [0.3, 0.4) is 0 Å². The molecule has 0 amide bonds. The van der Waals surface area contributed by atoms with Gasteiger partial charge in [0.1, 0.15) is 5.69 Å². The SMILES string of the molecule is CC(=CCN1CCC(C)CC1)c1ccc(C#Cc2ccc(-c3ccc(Cl)cc3)cn2)cc1. The summed E-state index contributed by atoms with van der Waals surface area (Å²) in [7, 11) is 0. The Hall–Kier alpha value is -2.86. The third-order valence-corrected chi connectivity index (χ3v) is 6.40. The third kappa shape index (κ3) is 6.10. The molecule has 3 heteroatoms. The highest BCUT2D eigenvalue weighted by atomic mass is 35.5. The summed E-state index contributed by atoms with van der Waals surface area (Å²) in [5.74, 6) is 7.27. The molecule has 1 aliphatic heterocycles. The number of benzene rings is 2. The molecule has 0 spiro atoms. The maximum absolute atomic E-state index is 5.96. The zero-order chi connectivity index (χ0) is 22.3. The molecule has 0 unspecified atom stereocenters. The van der Waals surface area contributed by atoms with Gasteiger partial charge in [-0.1, -0.05) is 60.9 Å². The standard InChI is InChI=1S/C29H29ClN2/c1-22-15-18-32(19-16-22)20-17-23(2)25-6-3-24(4-7-25)5-13-29-14-10-27(21-31-29)26-8-11-28(30)12-9-26/h3-4,6-12,14,17,21-22H,15-16,18-20H2,1-2H3. The van der Waals surface area contributed by atoms with Gasteiger partial charge >= 0.3 is 0 Å². The van der Waals surface area contributed by atoms with Crippen LogP contribution in [0.2, 0.25) is 5.02 Å². The average molecular weight is 441 g/mol. The molecule has 1 fully saturated rings. The van der Waals surface area contributed by atoms with Crippen LogP contribution in [0.25, 0.3) is 16.7 Å². The van der Waals surface area contributed by atoms with Crippen molar-refractivity contribution in [2.75, 3.05) is 19.6 Å². The molecule has 0 atom stereocenters. The zero-order valence-electron chi connectivity index (χ0n) is 18.8. The Kier molecular flexibility index (Phi) is 7.43. The summed E-state index contributed by atoms with van der Waals surface area (Å²) in [4.78, 5) is 7.04. The van der Waals surface area contributed by atoms with E-state index in [9.17, 15) is 0 Å². The van der Waals surface area contributed by atoms with Crippen molar-refractivity contribution in [1.29, 1.82) is 0 Å². The average Bonchev–Trinajstić information content (AvgIpc) is 2.83. The van der Waals surface area contributed by atoms with Gasteiger partial charge in [0, 0.05) is 28.9 Å².